The number of anilines is 1. The molecule has 4 aromatic rings. The fourth-order valence-electron chi connectivity index (χ4n) is 3.74. The lowest BCUT2D eigenvalue weighted by Gasteiger charge is -2.15. The predicted octanol–water partition coefficient (Wildman–Crippen LogP) is 3.36. The first kappa shape index (κ1) is 22.1. The van der Waals surface area contributed by atoms with Gasteiger partial charge in [0.1, 0.15) is 0 Å². The SMILES string of the molecule is CC(OC(=O)c1nn(Cc2ccccc2)c(=O)c2ccccc12)C(=O)Nc1ccc2c(c1)OCO2. The topological polar surface area (TPSA) is 109 Å². The van der Waals surface area contributed by atoms with Crippen molar-refractivity contribution in [2.75, 3.05) is 12.1 Å². The number of fused-ring (bicyclic) bond motifs is 2. The van der Waals surface area contributed by atoms with Gasteiger partial charge in [0.15, 0.2) is 23.3 Å². The third-order valence-corrected chi connectivity index (χ3v) is 5.53. The van der Waals surface area contributed by atoms with Crippen molar-refractivity contribution >= 4 is 28.3 Å². The van der Waals surface area contributed by atoms with E-state index >= 15 is 0 Å². The standard InChI is InChI=1S/C26H21N3O6/c1-16(24(30)27-18-11-12-21-22(13-18)34-15-33-21)35-26(32)23-19-9-5-6-10-20(19)25(31)29(28-23)14-17-7-3-2-4-8-17/h2-13,16H,14-15H2,1H3,(H,27,30). The number of hydrogen-bond donors (Lipinski definition) is 1. The van der Waals surface area contributed by atoms with Gasteiger partial charge in [0.25, 0.3) is 11.5 Å². The molecule has 0 saturated carbocycles. The number of esters is 1. The molecular formula is C26H21N3O6. The van der Waals surface area contributed by atoms with Crippen LogP contribution in [0.1, 0.15) is 23.0 Å². The third-order valence-electron chi connectivity index (χ3n) is 5.53. The average Bonchev–Trinajstić information content (AvgIpc) is 3.34. The van der Waals surface area contributed by atoms with Gasteiger partial charge in [-0.05, 0) is 30.7 Å². The molecule has 3 aromatic carbocycles. The minimum Gasteiger partial charge on any atom is -0.454 e. The summed E-state index contributed by atoms with van der Waals surface area (Å²) in [6, 6.07) is 21.0. The molecular weight excluding hydrogens is 450 g/mol. The number of rotatable bonds is 6. The number of benzene rings is 3. The number of carbonyl (C=O) groups excluding carboxylic acids is 2. The van der Waals surface area contributed by atoms with Crippen LogP contribution in [0.3, 0.4) is 0 Å². The Bertz CT molecular complexity index is 1480. The van der Waals surface area contributed by atoms with E-state index in [2.05, 4.69) is 10.4 Å². The van der Waals surface area contributed by atoms with Gasteiger partial charge in [-0.1, -0.05) is 48.5 Å². The summed E-state index contributed by atoms with van der Waals surface area (Å²) in [5, 5.41) is 7.68. The van der Waals surface area contributed by atoms with E-state index in [1.54, 1.807) is 42.5 Å². The predicted molar refractivity (Wildman–Crippen MR) is 128 cm³/mol. The number of hydrogen-bond acceptors (Lipinski definition) is 7. The molecule has 9 nitrogen and oxygen atoms in total. The van der Waals surface area contributed by atoms with Gasteiger partial charge in [-0.25, -0.2) is 9.48 Å². The molecule has 0 spiro atoms. The van der Waals surface area contributed by atoms with Gasteiger partial charge in [0, 0.05) is 17.1 Å². The quantitative estimate of drug-likeness (QED) is 0.430. The van der Waals surface area contributed by atoms with Gasteiger partial charge in [-0.2, -0.15) is 5.10 Å². The molecule has 35 heavy (non-hydrogen) atoms. The highest BCUT2D eigenvalue weighted by Gasteiger charge is 2.24. The van der Waals surface area contributed by atoms with Crippen molar-refractivity contribution in [2.24, 2.45) is 0 Å². The van der Waals surface area contributed by atoms with Crippen molar-refractivity contribution in [1.29, 1.82) is 0 Å². The monoisotopic (exact) mass is 471 g/mol. The smallest absolute Gasteiger partial charge is 0.360 e. The van der Waals surface area contributed by atoms with E-state index in [4.69, 9.17) is 14.2 Å². The molecule has 1 N–H and O–H groups in total. The Labute approximate surface area is 199 Å². The Balaban J connectivity index is 1.38. The van der Waals surface area contributed by atoms with E-state index < -0.39 is 18.0 Å². The number of amides is 1. The second-order valence-electron chi connectivity index (χ2n) is 7.95. The van der Waals surface area contributed by atoms with Crippen molar-refractivity contribution in [1.82, 2.24) is 9.78 Å². The average molecular weight is 471 g/mol. The van der Waals surface area contributed by atoms with Crippen LogP contribution in [-0.4, -0.2) is 34.6 Å². The van der Waals surface area contributed by atoms with Crippen molar-refractivity contribution < 1.29 is 23.8 Å². The Morgan fingerprint density at radius 3 is 2.51 bits per heavy atom. The molecule has 0 radical (unpaired) electrons. The maximum absolute atomic E-state index is 13.1. The van der Waals surface area contributed by atoms with Crippen LogP contribution in [0.4, 0.5) is 5.69 Å². The summed E-state index contributed by atoms with van der Waals surface area (Å²) in [7, 11) is 0. The number of nitrogens with one attached hydrogen (secondary N) is 1. The minimum absolute atomic E-state index is 0.0427. The number of nitrogens with zero attached hydrogens (tertiary/aromatic N) is 2. The summed E-state index contributed by atoms with van der Waals surface area (Å²) in [6.45, 7) is 1.77. The van der Waals surface area contributed by atoms with Gasteiger partial charge < -0.3 is 19.5 Å². The highest BCUT2D eigenvalue weighted by atomic mass is 16.7. The molecule has 0 saturated heterocycles. The highest BCUT2D eigenvalue weighted by Crippen LogP contribution is 2.34. The first-order chi connectivity index (χ1) is 17.0. The maximum Gasteiger partial charge on any atom is 0.360 e. The molecule has 176 valence electrons. The molecule has 0 bridgehead atoms. The Kier molecular flexibility index (Phi) is 5.88. The second-order valence-corrected chi connectivity index (χ2v) is 7.95. The van der Waals surface area contributed by atoms with Crippen LogP contribution in [0.2, 0.25) is 0 Å². The lowest BCUT2D eigenvalue weighted by molar-refractivity contribution is -0.123. The largest absolute Gasteiger partial charge is 0.454 e. The van der Waals surface area contributed by atoms with E-state index in [0.717, 1.165) is 5.56 Å². The van der Waals surface area contributed by atoms with Crippen LogP contribution >= 0.6 is 0 Å². The summed E-state index contributed by atoms with van der Waals surface area (Å²) >= 11 is 0. The summed E-state index contributed by atoms with van der Waals surface area (Å²) in [4.78, 5) is 38.7. The fraction of sp³-hybridized carbons (Fsp3) is 0.154. The van der Waals surface area contributed by atoms with Crippen LogP contribution in [0, 0.1) is 0 Å². The first-order valence-corrected chi connectivity index (χ1v) is 10.9. The maximum atomic E-state index is 13.1. The fourth-order valence-corrected chi connectivity index (χ4v) is 3.74. The van der Waals surface area contributed by atoms with Crippen molar-refractivity contribution in [3.8, 4) is 11.5 Å². The summed E-state index contributed by atoms with van der Waals surface area (Å²) in [5.74, 6) is -0.231. The van der Waals surface area contributed by atoms with Gasteiger partial charge >= 0.3 is 5.97 Å². The molecule has 5 rings (SSSR count). The van der Waals surface area contributed by atoms with E-state index in [0.29, 0.717) is 28.0 Å². The van der Waals surface area contributed by atoms with Gasteiger partial charge in [0.2, 0.25) is 6.79 Å². The number of aromatic nitrogens is 2. The van der Waals surface area contributed by atoms with Crippen molar-refractivity contribution in [3.05, 3.63) is 94.4 Å². The van der Waals surface area contributed by atoms with E-state index in [-0.39, 0.29) is 24.6 Å². The number of ether oxygens (including phenoxy) is 3. The molecule has 2 heterocycles. The summed E-state index contributed by atoms with van der Waals surface area (Å²) in [5.41, 5.74) is 0.962. The zero-order chi connectivity index (χ0) is 24.4. The molecule has 0 aliphatic carbocycles. The molecule has 9 heteroatoms. The van der Waals surface area contributed by atoms with Crippen molar-refractivity contribution in [3.63, 3.8) is 0 Å². The first-order valence-electron chi connectivity index (χ1n) is 10.9. The highest BCUT2D eigenvalue weighted by molar-refractivity contribution is 6.03. The summed E-state index contributed by atoms with van der Waals surface area (Å²) < 4.78 is 17.2. The van der Waals surface area contributed by atoms with Gasteiger partial charge in [-0.15, -0.1) is 0 Å². The molecule has 1 aromatic heterocycles. The second kappa shape index (κ2) is 9.30. The summed E-state index contributed by atoms with van der Waals surface area (Å²) in [6.07, 6.45) is -1.12. The van der Waals surface area contributed by atoms with Gasteiger partial charge in [-0.3, -0.25) is 9.59 Å². The number of carbonyl (C=O) groups is 2. The Hall–Kier alpha value is -4.66. The molecule has 1 amide bonds. The zero-order valence-electron chi connectivity index (χ0n) is 18.8. The van der Waals surface area contributed by atoms with Crippen LogP contribution in [0.15, 0.2) is 77.6 Å². The molecule has 1 aliphatic heterocycles. The van der Waals surface area contributed by atoms with Crippen molar-refractivity contribution in [2.45, 2.75) is 19.6 Å². The van der Waals surface area contributed by atoms with Crippen LogP contribution in [0.5, 0.6) is 11.5 Å². The minimum atomic E-state index is -1.12. The van der Waals surface area contributed by atoms with Crippen LogP contribution in [0.25, 0.3) is 10.8 Å². The van der Waals surface area contributed by atoms with Gasteiger partial charge in [0.05, 0.1) is 11.9 Å². The Morgan fingerprint density at radius 1 is 1.00 bits per heavy atom. The lowest BCUT2D eigenvalue weighted by atomic mass is 10.1. The zero-order valence-corrected chi connectivity index (χ0v) is 18.8. The van der Waals surface area contributed by atoms with Crippen LogP contribution < -0.4 is 20.3 Å². The van der Waals surface area contributed by atoms with E-state index in [1.165, 1.54) is 11.6 Å². The third kappa shape index (κ3) is 4.56. The van der Waals surface area contributed by atoms with Crippen LogP contribution in [-0.2, 0) is 16.1 Å². The normalized spacial score (nSPS) is 12.8. The van der Waals surface area contributed by atoms with E-state index in [1.807, 2.05) is 30.3 Å². The lowest BCUT2D eigenvalue weighted by Crippen LogP contribution is -2.32. The molecule has 1 aliphatic rings. The molecule has 1 unspecified atom stereocenters. The Morgan fingerprint density at radius 2 is 1.71 bits per heavy atom. The van der Waals surface area contributed by atoms with E-state index in [9.17, 15) is 14.4 Å². The molecule has 1 atom stereocenters. The molecule has 0 fully saturated rings.